The minimum atomic E-state index is -0.743. The number of carboxylic acid groups (broad SMARTS) is 1. The van der Waals surface area contributed by atoms with Crippen molar-refractivity contribution in [1.29, 1.82) is 0 Å². The van der Waals surface area contributed by atoms with E-state index in [0.29, 0.717) is 13.0 Å². The number of aliphatic carboxylic acids is 1. The predicted octanol–water partition coefficient (Wildman–Crippen LogP) is -0.425. The third-order valence-electron chi connectivity index (χ3n) is 0.869. The Hall–Kier alpha value is -0.610. The molecule has 0 aromatic heterocycles. The molecule has 3 N–H and O–H groups in total. The molecule has 0 fully saturated rings. The summed E-state index contributed by atoms with van der Waals surface area (Å²) < 4.78 is 0. The third-order valence-corrected chi connectivity index (χ3v) is 0.869. The maximum atomic E-state index is 9.91. The van der Waals surface area contributed by atoms with E-state index in [4.69, 9.17) is 5.11 Å². The molecule has 0 bridgehead atoms. The second-order valence-corrected chi connectivity index (χ2v) is 1.67. The molecule has 0 spiro atoms. The summed E-state index contributed by atoms with van der Waals surface area (Å²) in [7, 11) is 1.75. The molecule has 0 aromatic carbocycles. The Kier molecular flexibility index (Phi) is 5.15. The van der Waals surface area contributed by atoms with Crippen LogP contribution in [0.2, 0.25) is 0 Å². The molecular weight excluding hydrogens is 120 g/mol. The van der Waals surface area contributed by atoms with Crippen molar-refractivity contribution >= 4 is 5.97 Å². The molecule has 4 heteroatoms. The van der Waals surface area contributed by atoms with E-state index in [9.17, 15) is 4.79 Å². The molecule has 0 aliphatic rings. The highest BCUT2D eigenvalue weighted by Gasteiger charge is 1.93. The number of nitrogens with one attached hydrogen (secondary N) is 2. The minimum absolute atomic E-state index is 0.231. The Bertz CT molecular complexity index is 85.0. The number of rotatable bonds is 5. The van der Waals surface area contributed by atoms with E-state index >= 15 is 0 Å². The highest BCUT2D eigenvalue weighted by molar-refractivity contribution is 5.66. The van der Waals surface area contributed by atoms with Crippen molar-refractivity contribution in [3.05, 3.63) is 0 Å². The van der Waals surface area contributed by atoms with Crippen molar-refractivity contribution in [3.8, 4) is 0 Å². The summed E-state index contributed by atoms with van der Waals surface area (Å²) >= 11 is 0. The van der Waals surface area contributed by atoms with Crippen LogP contribution in [0.15, 0.2) is 0 Å². The summed E-state index contributed by atoms with van der Waals surface area (Å²) in [6, 6.07) is 0. The molecule has 0 aliphatic carbocycles. The molecule has 0 rings (SSSR count). The molecule has 0 saturated heterocycles. The Morgan fingerprint density at radius 2 is 2.33 bits per heavy atom. The quantitative estimate of drug-likeness (QED) is 0.351. The van der Waals surface area contributed by atoms with E-state index in [1.165, 1.54) is 0 Å². The normalized spacial score (nSPS) is 9.44. The fourth-order valence-corrected chi connectivity index (χ4v) is 0.453. The Balaban J connectivity index is 2.83. The van der Waals surface area contributed by atoms with Crippen LogP contribution in [0.1, 0.15) is 12.8 Å². The van der Waals surface area contributed by atoms with Crippen LogP contribution in [0.5, 0.6) is 0 Å². The van der Waals surface area contributed by atoms with Gasteiger partial charge in [0, 0.05) is 13.0 Å². The van der Waals surface area contributed by atoms with E-state index in [1.54, 1.807) is 7.05 Å². The molecule has 0 heterocycles. The molecule has 4 nitrogen and oxygen atoms in total. The van der Waals surface area contributed by atoms with E-state index in [0.717, 1.165) is 0 Å². The summed E-state index contributed by atoms with van der Waals surface area (Å²) in [5.41, 5.74) is 5.49. The zero-order valence-corrected chi connectivity index (χ0v) is 5.48. The van der Waals surface area contributed by atoms with Gasteiger partial charge in [-0.25, -0.2) is 0 Å². The van der Waals surface area contributed by atoms with Gasteiger partial charge >= 0.3 is 5.97 Å². The molecule has 0 saturated carbocycles. The first kappa shape index (κ1) is 8.39. The number of hydrazine groups is 1. The second-order valence-electron chi connectivity index (χ2n) is 1.67. The average molecular weight is 132 g/mol. The van der Waals surface area contributed by atoms with Crippen molar-refractivity contribution < 1.29 is 9.90 Å². The first-order valence-electron chi connectivity index (χ1n) is 2.88. The van der Waals surface area contributed by atoms with Crippen LogP contribution in [0.3, 0.4) is 0 Å². The van der Waals surface area contributed by atoms with E-state index < -0.39 is 5.97 Å². The highest BCUT2D eigenvalue weighted by Crippen LogP contribution is 1.83. The van der Waals surface area contributed by atoms with Crippen LogP contribution in [-0.2, 0) is 4.79 Å². The molecular formula is C5H12N2O2. The van der Waals surface area contributed by atoms with Crippen LogP contribution in [-0.4, -0.2) is 24.7 Å². The smallest absolute Gasteiger partial charge is 0.303 e. The van der Waals surface area contributed by atoms with Crippen molar-refractivity contribution in [2.45, 2.75) is 12.8 Å². The number of hydrogen-bond acceptors (Lipinski definition) is 3. The molecule has 9 heavy (non-hydrogen) atoms. The van der Waals surface area contributed by atoms with Gasteiger partial charge in [0.05, 0.1) is 0 Å². The topological polar surface area (TPSA) is 61.4 Å². The molecule has 0 unspecified atom stereocenters. The fraction of sp³-hybridized carbons (Fsp3) is 0.800. The van der Waals surface area contributed by atoms with Gasteiger partial charge in [0.25, 0.3) is 0 Å². The summed E-state index contributed by atoms with van der Waals surface area (Å²) in [6.45, 7) is 0.697. The van der Waals surface area contributed by atoms with Gasteiger partial charge in [-0.2, -0.15) is 0 Å². The van der Waals surface area contributed by atoms with Crippen molar-refractivity contribution in [2.75, 3.05) is 13.6 Å². The second kappa shape index (κ2) is 5.53. The fourth-order valence-electron chi connectivity index (χ4n) is 0.453. The lowest BCUT2D eigenvalue weighted by Gasteiger charge is -1.98. The summed E-state index contributed by atoms with van der Waals surface area (Å²) in [5, 5.41) is 8.16. The molecule has 0 aromatic rings. The lowest BCUT2D eigenvalue weighted by atomic mass is 10.3. The Labute approximate surface area is 54.2 Å². The average Bonchev–Trinajstić information content (AvgIpc) is 1.80. The Morgan fingerprint density at radius 1 is 1.67 bits per heavy atom. The zero-order valence-electron chi connectivity index (χ0n) is 5.48. The number of carboxylic acids is 1. The van der Waals surface area contributed by atoms with Gasteiger partial charge in [-0.1, -0.05) is 0 Å². The van der Waals surface area contributed by atoms with Crippen LogP contribution >= 0.6 is 0 Å². The lowest BCUT2D eigenvalue weighted by molar-refractivity contribution is -0.137. The monoisotopic (exact) mass is 132 g/mol. The summed E-state index contributed by atoms with van der Waals surface area (Å²) in [4.78, 5) is 9.91. The molecule has 0 atom stereocenters. The van der Waals surface area contributed by atoms with Gasteiger partial charge in [-0.3, -0.25) is 15.6 Å². The molecule has 0 amide bonds. The molecule has 54 valence electrons. The van der Waals surface area contributed by atoms with E-state index in [1.807, 2.05) is 0 Å². The van der Waals surface area contributed by atoms with Gasteiger partial charge in [0.1, 0.15) is 0 Å². The van der Waals surface area contributed by atoms with E-state index in [-0.39, 0.29) is 6.42 Å². The van der Waals surface area contributed by atoms with Gasteiger partial charge < -0.3 is 5.11 Å². The highest BCUT2D eigenvalue weighted by atomic mass is 16.4. The summed E-state index contributed by atoms with van der Waals surface area (Å²) in [6.07, 6.45) is 0.894. The molecule has 0 aliphatic heterocycles. The van der Waals surface area contributed by atoms with Gasteiger partial charge in [-0.05, 0) is 13.5 Å². The van der Waals surface area contributed by atoms with Crippen LogP contribution in [0.25, 0.3) is 0 Å². The van der Waals surface area contributed by atoms with Crippen molar-refractivity contribution in [3.63, 3.8) is 0 Å². The van der Waals surface area contributed by atoms with Crippen molar-refractivity contribution in [1.82, 2.24) is 10.9 Å². The largest absolute Gasteiger partial charge is 0.481 e. The van der Waals surface area contributed by atoms with Gasteiger partial charge in [0.2, 0.25) is 0 Å². The van der Waals surface area contributed by atoms with Crippen molar-refractivity contribution in [2.24, 2.45) is 0 Å². The van der Waals surface area contributed by atoms with Crippen LogP contribution in [0.4, 0.5) is 0 Å². The maximum absolute atomic E-state index is 9.91. The third kappa shape index (κ3) is 7.39. The predicted molar refractivity (Wildman–Crippen MR) is 33.9 cm³/mol. The summed E-state index contributed by atoms with van der Waals surface area (Å²) in [5.74, 6) is -0.743. The standard InChI is InChI=1S/C5H12N2O2/c1-6-7-4-2-3-5(8)9/h6-7H,2-4H2,1H3,(H,8,9). The maximum Gasteiger partial charge on any atom is 0.303 e. The Morgan fingerprint density at radius 3 is 2.78 bits per heavy atom. The van der Waals surface area contributed by atoms with Gasteiger partial charge in [0.15, 0.2) is 0 Å². The SMILES string of the molecule is CNNCCCC(=O)O. The number of hydrogen-bond donors (Lipinski definition) is 3. The van der Waals surface area contributed by atoms with Crippen LogP contribution in [0, 0.1) is 0 Å². The molecule has 0 radical (unpaired) electrons. The number of carbonyl (C=O) groups is 1. The van der Waals surface area contributed by atoms with E-state index in [2.05, 4.69) is 10.9 Å². The first-order chi connectivity index (χ1) is 4.27. The van der Waals surface area contributed by atoms with Gasteiger partial charge in [-0.15, -0.1) is 0 Å². The van der Waals surface area contributed by atoms with Crippen LogP contribution < -0.4 is 10.9 Å². The zero-order chi connectivity index (χ0) is 7.11. The minimum Gasteiger partial charge on any atom is -0.481 e. The lowest BCUT2D eigenvalue weighted by Crippen LogP contribution is -2.28. The first-order valence-corrected chi connectivity index (χ1v) is 2.88.